The normalized spacial score (nSPS) is 22.6. The number of halogens is 1. The second-order valence-electron chi connectivity index (χ2n) is 4.81. The van der Waals surface area contributed by atoms with Gasteiger partial charge < -0.3 is 10.1 Å². The van der Waals surface area contributed by atoms with Crippen molar-refractivity contribution in [1.82, 2.24) is 10.3 Å². The summed E-state index contributed by atoms with van der Waals surface area (Å²) in [5.74, 6) is 0.106. The third-order valence-corrected chi connectivity index (χ3v) is 3.71. The number of pyridine rings is 1. The van der Waals surface area contributed by atoms with E-state index in [9.17, 15) is 4.79 Å². The predicted octanol–water partition coefficient (Wildman–Crippen LogP) is 1.86. The van der Waals surface area contributed by atoms with E-state index in [2.05, 4.69) is 17.2 Å². The molecule has 0 spiro atoms. The summed E-state index contributed by atoms with van der Waals surface area (Å²) < 4.78 is 5.43. The highest BCUT2D eigenvalue weighted by Gasteiger charge is 2.33. The van der Waals surface area contributed by atoms with Gasteiger partial charge in [0.25, 0.3) is 0 Å². The van der Waals surface area contributed by atoms with Crippen molar-refractivity contribution in [2.24, 2.45) is 5.92 Å². The predicted molar refractivity (Wildman–Crippen MR) is 74.3 cm³/mol. The highest BCUT2D eigenvalue weighted by atomic mass is 35.5. The van der Waals surface area contributed by atoms with E-state index in [0.717, 1.165) is 18.5 Å². The Bertz CT molecular complexity index is 439. The molecule has 1 saturated heterocycles. The lowest BCUT2D eigenvalue weighted by Crippen LogP contribution is -2.40. The van der Waals surface area contributed by atoms with Crippen molar-refractivity contribution in [2.45, 2.75) is 25.8 Å². The van der Waals surface area contributed by atoms with Gasteiger partial charge in [0.05, 0.1) is 24.2 Å². The van der Waals surface area contributed by atoms with Gasteiger partial charge in [-0.25, -0.2) is 0 Å². The number of aromatic nitrogens is 1. The summed E-state index contributed by atoms with van der Waals surface area (Å²) in [6, 6.07) is 1.93. The first-order valence-electron chi connectivity index (χ1n) is 6.64. The minimum Gasteiger partial charge on any atom is -0.379 e. The van der Waals surface area contributed by atoms with Gasteiger partial charge in [0.1, 0.15) is 5.78 Å². The Balaban J connectivity index is 1.97. The van der Waals surface area contributed by atoms with Gasteiger partial charge in [-0.1, -0.05) is 18.5 Å². The first kappa shape index (κ1) is 14.4. The lowest BCUT2D eigenvalue weighted by atomic mass is 9.94. The number of Topliss-reactive ketones (excluding diaryl/α,β-unsaturated/α-hetero) is 1. The van der Waals surface area contributed by atoms with Crippen LogP contribution in [0, 0.1) is 5.92 Å². The minimum atomic E-state index is -0.0734. The fourth-order valence-corrected chi connectivity index (χ4v) is 2.45. The molecule has 1 aliphatic rings. The average molecular weight is 283 g/mol. The highest BCUT2D eigenvalue weighted by Crippen LogP contribution is 2.20. The number of hydrogen-bond acceptors (Lipinski definition) is 4. The molecule has 0 saturated carbocycles. The monoisotopic (exact) mass is 282 g/mol. The molecule has 1 aliphatic heterocycles. The molecular formula is C14H19ClN2O2. The zero-order valence-corrected chi connectivity index (χ0v) is 11.8. The van der Waals surface area contributed by atoms with E-state index >= 15 is 0 Å². The van der Waals surface area contributed by atoms with Gasteiger partial charge in [-0.05, 0) is 24.6 Å². The van der Waals surface area contributed by atoms with Gasteiger partial charge in [-0.2, -0.15) is 0 Å². The molecule has 2 rings (SSSR count). The van der Waals surface area contributed by atoms with Crippen LogP contribution in [0.1, 0.15) is 18.9 Å². The molecule has 0 aromatic carbocycles. The maximum Gasteiger partial charge on any atom is 0.144 e. The molecule has 1 aromatic heterocycles. The van der Waals surface area contributed by atoms with Crippen molar-refractivity contribution in [3.05, 3.63) is 29.0 Å². The van der Waals surface area contributed by atoms with Crippen LogP contribution < -0.4 is 5.32 Å². The smallest absolute Gasteiger partial charge is 0.144 e. The molecule has 1 fully saturated rings. The number of carbonyl (C=O) groups excluding carboxylic acids is 1. The van der Waals surface area contributed by atoms with Crippen LogP contribution in [0.4, 0.5) is 0 Å². The Hall–Kier alpha value is -0.970. The molecule has 2 heterocycles. The van der Waals surface area contributed by atoms with Crippen molar-refractivity contribution >= 4 is 17.4 Å². The molecule has 19 heavy (non-hydrogen) atoms. The average Bonchev–Trinajstić information content (AvgIpc) is 2.87. The van der Waals surface area contributed by atoms with E-state index in [1.54, 1.807) is 18.5 Å². The number of rotatable bonds is 6. The Labute approximate surface area is 118 Å². The molecule has 1 N–H and O–H groups in total. The van der Waals surface area contributed by atoms with Crippen molar-refractivity contribution in [2.75, 3.05) is 19.8 Å². The lowest BCUT2D eigenvalue weighted by molar-refractivity contribution is -0.122. The number of ether oxygens (including phenoxy) is 1. The van der Waals surface area contributed by atoms with E-state index < -0.39 is 0 Å². The van der Waals surface area contributed by atoms with Crippen molar-refractivity contribution < 1.29 is 9.53 Å². The van der Waals surface area contributed by atoms with E-state index in [1.165, 1.54) is 0 Å². The first-order valence-corrected chi connectivity index (χ1v) is 7.02. The van der Waals surface area contributed by atoms with Crippen LogP contribution in [0.25, 0.3) is 0 Å². The SMILES string of the molecule is CCCNC1COCC1C(=O)Cc1ccncc1Cl. The summed E-state index contributed by atoms with van der Waals surface area (Å²) in [5.41, 5.74) is 0.836. The zero-order chi connectivity index (χ0) is 13.7. The fraction of sp³-hybridized carbons (Fsp3) is 0.571. The van der Waals surface area contributed by atoms with Crippen LogP contribution in [0.15, 0.2) is 18.5 Å². The number of carbonyl (C=O) groups is 1. The van der Waals surface area contributed by atoms with Gasteiger partial charge in [0, 0.05) is 24.9 Å². The van der Waals surface area contributed by atoms with E-state index in [-0.39, 0.29) is 17.7 Å². The fourth-order valence-electron chi connectivity index (χ4n) is 2.27. The maximum absolute atomic E-state index is 12.3. The number of ketones is 1. The molecule has 2 atom stereocenters. The molecule has 104 valence electrons. The maximum atomic E-state index is 12.3. The molecule has 5 heteroatoms. The molecule has 0 bridgehead atoms. The molecular weight excluding hydrogens is 264 g/mol. The van der Waals surface area contributed by atoms with Gasteiger partial charge in [-0.15, -0.1) is 0 Å². The lowest BCUT2D eigenvalue weighted by Gasteiger charge is -2.17. The topological polar surface area (TPSA) is 51.2 Å². The molecule has 1 aromatic rings. The summed E-state index contributed by atoms with van der Waals surface area (Å²) in [7, 11) is 0. The van der Waals surface area contributed by atoms with Crippen molar-refractivity contribution in [3.63, 3.8) is 0 Å². The molecule has 0 amide bonds. The largest absolute Gasteiger partial charge is 0.379 e. The Morgan fingerprint density at radius 1 is 1.58 bits per heavy atom. The van der Waals surface area contributed by atoms with E-state index in [1.807, 2.05) is 0 Å². The summed E-state index contributed by atoms with van der Waals surface area (Å²) >= 11 is 6.03. The van der Waals surface area contributed by atoms with Crippen LogP contribution in [-0.2, 0) is 16.0 Å². The number of nitrogens with zero attached hydrogens (tertiary/aromatic N) is 1. The third kappa shape index (κ3) is 3.75. The second-order valence-corrected chi connectivity index (χ2v) is 5.22. The first-order chi connectivity index (χ1) is 9.22. The van der Waals surface area contributed by atoms with Crippen LogP contribution >= 0.6 is 11.6 Å². The summed E-state index contributed by atoms with van der Waals surface area (Å²) in [6.45, 7) is 4.13. The van der Waals surface area contributed by atoms with Gasteiger partial charge in [0.15, 0.2) is 0 Å². The Morgan fingerprint density at radius 2 is 2.42 bits per heavy atom. The number of hydrogen-bond donors (Lipinski definition) is 1. The zero-order valence-electron chi connectivity index (χ0n) is 11.1. The van der Waals surface area contributed by atoms with Crippen LogP contribution in [0.5, 0.6) is 0 Å². The summed E-state index contributed by atoms with van der Waals surface area (Å²) in [5, 5.41) is 3.92. The van der Waals surface area contributed by atoms with Gasteiger partial charge >= 0.3 is 0 Å². The Morgan fingerprint density at radius 3 is 3.16 bits per heavy atom. The van der Waals surface area contributed by atoms with Crippen molar-refractivity contribution in [3.8, 4) is 0 Å². The van der Waals surface area contributed by atoms with E-state index in [0.29, 0.717) is 24.7 Å². The van der Waals surface area contributed by atoms with Gasteiger partial charge in [-0.3, -0.25) is 9.78 Å². The summed E-state index contributed by atoms with van der Waals surface area (Å²) in [4.78, 5) is 16.3. The van der Waals surface area contributed by atoms with Crippen molar-refractivity contribution in [1.29, 1.82) is 0 Å². The minimum absolute atomic E-state index is 0.0734. The molecule has 0 aliphatic carbocycles. The molecule has 2 unspecified atom stereocenters. The molecule has 4 nitrogen and oxygen atoms in total. The quantitative estimate of drug-likeness (QED) is 0.865. The standard InChI is InChI=1S/C14H19ClN2O2/c1-2-4-17-13-9-19-8-11(13)14(18)6-10-3-5-16-7-12(10)15/h3,5,7,11,13,17H,2,4,6,8-9H2,1H3. The van der Waals surface area contributed by atoms with Gasteiger partial charge in [0.2, 0.25) is 0 Å². The highest BCUT2D eigenvalue weighted by molar-refractivity contribution is 6.31. The second kappa shape index (κ2) is 6.98. The van der Waals surface area contributed by atoms with Crippen LogP contribution in [0.3, 0.4) is 0 Å². The van der Waals surface area contributed by atoms with E-state index in [4.69, 9.17) is 16.3 Å². The molecule has 0 radical (unpaired) electrons. The van der Waals surface area contributed by atoms with Crippen LogP contribution in [0.2, 0.25) is 5.02 Å². The Kier molecular flexibility index (Phi) is 5.31. The number of nitrogens with one attached hydrogen (secondary N) is 1. The third-order valence-electron chi connectivity index (χ3n) is 3.37. The summed E-state index contributed by atoms with van der Waals surface area (Å²) in [6.07, 6.45) is 4.63. The van der Waals surface area contributed by atoms with Crippen LogP contribution in [-0.4, -0.2) is 36.6 Å².